The molecule has 1 aromatic rings. The summed E-state index contributed by atoms with van der Waals surface area (Å²) in [6.45, 7) is 5.99. The Morgan fingerprint density at radius 2 is 1.82 bits per heavy atom. The molecule has 1 rings (SSSR count). The second-order valence-electron chi connectivity index (χ2n) is 4.05. The molecular weight excluding hydrogens is 238 g/mol. The molecule has 0 unspecified atom stereocenters. The van der Waals surface area contributed by atoms with E-state index in [0.29, 0.717) is 22.9 Å². The molecule has 17 heavy (non-hydrogen) atoms. The number of halogens is 1. The zero-order valence-corrected chi connectivity index (χ0v) is 11.7. The lowest BCUT2D eigenvalue weighted by molar-refractivity contribution is 0.0992. The van der Waals surface area contributed by atoms with Crippen LogP contribution in [0.15, 0.2) is 0 Å². The largest absolute Gasteiger partial charge is 0.495 e. The highest BCUT2D eigenvalue weighted by atomic mass is 35.5. The molecule has 0 heterocycles. The second kappa shape index (κ2) is 5.52. The van der Waals surface area contributed by atoms with Crippen molar-refractivity contribution in [2.45, 2.75) is 20.8 Å². The van der Waals surface area contributed by atoms with Gasteiger partial charge in [-0.2, -0.15) is 0 Å². The fourth-order valence-electron chi connectivity index (χ4n) is 1.99. The summed E-state index contributed by atoms with van der Waals surface area (Å²) in [6, 6.07) is 0. The monoisotopic (exact) mass is 255 g/mol. The average Bonchev–Trinajstić information content (AvgIpc) is 2.28. The van der Waals surface area contributed by atoms with Crippen molar-refractivity contribution in [2.75, 3.05) is 20.7 Å². The van der Waals surface area contributed by atoms with Crippen molar-refractivity contribution in [3.05, 3.63) is 27.3 Å². The Labute approximate surface area is 107 Å². The second-order valence-corrected chi connectivity index (χ2v) is 4.43. The smallest absolute Gasteiger partial charge is 0.177 e. The van der Waals surface area contributed by atoms with E-state index in [4.69, 9.17) is 16.3 Å². The lowest BCUT2D eigenvalue weighted by Crippen LogP contribution is -2.21. The topological polar surface area (TPSA) is 38.3 Å². The number of benzene rings is 1. The van der Waals surface area contributed by atoms with Crippen LogP contribution in [0.25, 0.3) is 0 Å². The summed E-state index contributed by atoms with van der Waals surface area (Å²) in [4.78, 5) is 12.0. The number of carbonyl (C=O) groups excluding carboxylic acids is 1. The van der Waals surface area contributed by atoms with Crippen molar-refractivity contribution in [1.29, 1.82) is 0 Å². The molecule has 4 heteroatoms. The normalized spacial score (nSPS) is 10.5. The molecule has 0 aliphatic rings. The van der Waals surface area contributed by atoms with E-state index in [9.17, 15) is 4.79 Å². The number of carbonyl (C=O) groups is 1. The van der Waals surface area contributed by atoms with Gasteiger partial charge in [0.2, 0.25) is 0 Å². The van der Waals surface area contributed by atoms with Gasteiger partial charge in [0.1, 0.15) is 5.75 Å². The van der Waals surface area contributed by atoms with Gasteiger partial charge in [-0.3, -0.25) is 4.79 Å². The first kappa shape index (κ1) is 14.0. The van der Waals surface area contributed by atoms with E-state index in [1.165, 1.54) is 0 Å². The number of ketones is 1. The van der Waals surface area contributed by atoms with Gasteiger partial charge in [0.25, 0.3) is 0 Å². The molecule has 1 aromatic carbocycles. The summed E-state index contributed by atoms with van der Waals surface area (Å²) in [5, 5.41) is 3.39. The molecule has 0 radical (unpaired) electrons. The number of ether oxygens (including phenoxy) is 1. The van der Waals surface area contributed by atoms with Crippen LogP contribution < -0.4 is 10.1 Å². The van der Waals surface area contributed by atoms with Gasteiger partial charge in [-0.1, -0.05) is 11.6 Å². The number of rotatable bonds is 4. The van der Waals surface area contributed by atoms with E-state index in [1.807, 2.05) is 20.8 Å². The van der Waals surface area contributed by atoms with E-state index >= 15 is 0 Å². The lowest BCUT2D eigenvalue weighted by atomic mass is 9.94. The maximum atomic E-state index is 12.0. The molecule has 3 nitrogen and oxygen atoms in total. The Morgan fingerprint density at radius 1 is 1.24 bits per heavy atom. The fraction of sp³-hybridized carbons (Fsp3) is 0.462. The molecule has 0 aromatic heterocycles. The fourth-order valence-corrected chi connectivity index (χ4v) is 2.31. The maximum Gasteiger partial charge on any atom is 0.177 e. The van der Waals surface area contributed by atoms with Crippen molar-refractivity contribution >= 4 is 17.4 Å². The van der Waals surface area contributed by atoms with Crippen LogP contribution in [0.4, 0.5) is 0 Å². The van der Waals surface area contributed by atoms with Crippen molar-refractivity contribution in [3.63, 3.8) is 0 Å². The predicted octanol–water partition coefficient (Wildman–Crippen LogP) is 2.68. The first-order chi connectivity index (χ1) is 7.95. The Hall–Kier alpha value is -1.06. The highest BCUT2D eigenvalue weighted by molar-refractivity contribution is 6.33. The van der Waals surface area contributed by atoms with Gasteiger partial charge in [-0.15, -0.1) is 0 Å². The number of Topliss-reactive ketones (excluding diaryl/α,β-unsaturated/α-hetero) is 1. The van der Waals surface area contributed by atoms with Crippen LogP contribution in [0, 0.1) is 20.8 Å². The van der Waals surface area contributed by atoms with E-state index in [-0.39, 0.29) is 5.78 Å². The van der Waals surface area contributed by atoms with Crippen molar-refractivity contribution in [3.8, 4) is 5.75 Å². The SMILES string of the molecule is CNCC(=O)c1c(C)c(C)c(OC)c(Cl)c1C. The van der Waals surface area contributed by atoms with Gasteiger partial charge in [-0.25, -0.2) is 0 Å². The van der Waals surface area contributed by atoms with Gasteiger partial charge in [-0.05, 0) is 44.5 Å². The van der Waals surface area contributed by atoms with Gasteiger partial charge in [0.05, 0.1) is 18.7 Å². The number of hydrogen-bond donors (Lipinski definition) is 1. The Balaban J connectivity index is 3.48. The molecule has 1 N–H and O–H groups in total. The first-order valence-corrected chi connectivity index (χ1v) is 5.84. The van der Waals surface area contributed by atoms with Gasteiger partial charge in [0.15, 0.2) is 5.78 Å². The third-order valence-electron chi connectivity index (χ3n) is 3.00. The molecule has 0 atom stereocenters. The number of methoxy groups -OCH3 is 1. The van der Waals surface area contributed by atoms with Gasteiger partial charge in [0, 0.05) is 5.56 Å². The molecular formula is C13H18ClNO2. The highest BCUT2D eigenvalue weighted by Gasteiger charge is 2.20. The van der Waals surface area contributed by atoms with Crippen LogP contribution in [0.3, 0.4) is 0 Å². The van der Waals surface area contributed by atoms with Crippen LogP contribution in [0.1, 0.15) is 27.0 Å². The Morgan fingerprint density at radius 3 is 2.29 bits per heavy atom. The summed E-state index contributed by atoms with van der Waals surface area (Å²) in [5.74, 6) is 0.706. The molecule has 0 aliphatic heterocycles. The number of hydrogen-bond acceptors (Lipinski definition) is 3. The molecule has 0 amide bonds. The summed E-state index contributed by atoms with van der Waals surface area (Å²) < 4.78 is 5.27. The molecule has 94 valence electrons. The number of likely N-dealkylation sites (N-methyl/N-ethyl adjacent to an activating group) is 1. The minimum Gasteiger partial charge on any atom is -0.495 e. The van der Waals surface area contributed by atoms with Gasteiger partial charge < -0.3 is 10.1 Å². The van der Waals surface area contributed by atoms with E-state index in [0.717, 1.165) is 16.7 Å². The highest BCUT2D eigenvalue weighted by Crippen LogP contribution is 2.36. The van der Waals surface area contributed by atoms with Crippen LogP contribution >= 0.6 is 11.6 Å². The lowest BCUT2D eigenvalue weighted by Gasteiger charge is -2.17. The molecule has 0 bridgehead atoms. The Kier molecular flexibility index (Phi) is 4.54. The molecule has 0 saturated carbocycles. The molecule has 0 fully saturated rings. The molecule has 0 spiro atoms. The third-order valence-corrected chi connectivity index (χ3v) is 3.46. The van der Waals surface area contributed by atoms with E-state index in [2.05, 4.69) is 5.32 Å². The Bertz CT molecular complexity index is 426. The average molecular weight is 256 g/mol. The quantitative estimate of drug-likeness (QED) is 0.841. The zero-order chi connectivity index (χ0) is 13.2. The number of nitrogens with one attached hydrogen (secondary N) is 1. The summed E-state index contributed by atoms with van der Waals surface area (Å²) >= 11 is 6.22. The third kappa shape index (κ3) is 2.45. The van der Waals surface area contributed by atoms with Crippen molar-refractivity contribution in [1.82, 2.24) is 5.32 Å². The van der Waals surface area contributed by atoms with Crippen LogP contribution in [0.2, 0.25) is 5.02 Å². The zero-order valence-electron chi connectivity index (χ0n) is 10.9. The van der Waals surface area contributed by atoms with Crippen LogP contribution in [0.5, 0.6) is 5.75 Å². The molecule has 0 saturated heterocycles. The van der Waals surface area contributed by atoms with Crippen LogP contribution in [-0.4, -0.2) is 26.5 Å². The maximum absolute atomic E-state index is 12.0. The predicted molar refractivity (Wildman–Crippen MR) is 70.5 cm³/mol. The van der Waals surface area contributed by atoms with Crippen LogP contribution in [-0.2, 0) is 0 Å². The minimum atomic E-state index is 0.0511. The van der Waals surface area contributed by atoms with Crippen molar-refractivity contribution < 1.29 is 9.53 Å². The summed E-state index contributed by atoms with van der Waals surface area (Å²) in [7, 11) is 3.34. The van der Waals surface area contributed by atoms with Crippen molar-refractivity contribution in [2.24, 2.45) is 0 Å². The minimum absolute atomic E-state index is 0.0511. The van der Waals surface area contributed by atoms with E-state index in [1.54, 1.807) is 14.2 Å². The molecule has 0 aliphatic carbocycles. The van der Waals surface area contributed by atoms with Gasteiger partial charge >= 0.3 is 0 Å². The summed E-state index contributed by atoms with van der Waals surface area (Å²) in [5.41, 5.74) is 3.33. The first-order valence-electron chi connectivity index (χ1n) is 5.46. The summed E-state index contributed by atoms with van der Waals surface area (Å²) in [6.07, 6.45) is 0. The standard InChI is InChI=1S/C13H18ClNO2/c1-7-8(2)13(17-5)12(14)9(3)11(7)10(16)6-15-4/h15H,6H2,1-5H3. The van der Waals surface area contributed by atoms with E-state index < -0.39 is 0 Å².